The van der Waals surface area contributed by atoms with Crippen molar-refractivity contribution in [2.24, 2.45) is 0 Å². The Morgan fingerprint density at radius 1 is 1.00 bits per heavy atom. The minimum absolute atomic E-state index is 0.264. The highest BCUT2D eigenvalue weighted by molar-refractivity contribution is 5.63. The summed E-state index contributed by atoms with van der Waals surface area (Å²) in [5.74, 6) is 1.06. The number of nitrogens with one attached hydrogen (secondary N) is 1. The van der Waals surface area contributed by atoms with Crippen molar-refractivity contribution in [3.63, 3.8) is 0 Å². The number of hydrogen-bond donors (Lipinski definition) is 1. The van der Waals surface area contributed by atoms with Crippen LogP contribution in [0.5, 0.6) is 0 Å². The molecule has 5 nitrogen and oxygen atoms in total. The van der Waals surface area contributed by atoms with E-state index in [4.69, 9.17) is 5.10 Å². The summed E-state index contributed by atoms with van der Waals surface area (Å²) in [6, 6.07) is 10.5. The number of aromatic nitrogens is 4. The Balaban J connectivity index is 1.77. The molecule has 0 amide bonds. The average molecular weight is 277 g/mol. The first-order valence-corrected chi connectivity index (χ1v) is 7.05. The van der Waals surface area contributed by atoms with Gasteiger partial charge in [-0.15, -0.1) is 0 Å². The quantitative estimate of drug-likeness (QED) is 0.782. The van der Waals surface area contributed by atoms with Crippen LogP contribution in [0, 0.1) is 0 Å². The number of pyridine rings is 2. The van der Waals surface area contributed by atoms with Crippen molar-refractivity contribution in [3.8, 4) is 11.3 Å². The molecular formula is C16H15N5. The lowest BCUT2D eigenvalue weighted by Gasteiger charge is -2.25. The van der Waals surface area contributed by atoms with Gasteiger partial charge in [0.15, 0.2) is 0 Å². The molecule has 3 aromatic rings. The van der Waals surface area contributed by atoms with Gasteiger partial charge in [-0.1, -0.05) is 0 Å². The predicted molar refractivity (Wildman–Crippen MR) is 80.9 cm³/mol. The van der Waals surface area contributed by atoms with Gasteiger partial charge in [0, 0.05) is 43.0 Å². The summed E-state index contributed by atoms with van der Waals surface area (Å²) >= 11 is 0. The van der Waals surface area contributed by atoms with Crippen LogP contribution in [0.15, 0.2) is 55.1 Å². The summed E-state index contributed by atoms with van der Waals surface area (Å²) in [6.45, 7) is 0.953. The summed E-state index contributed by atoms with van der Waals surface area (Å²) < 4.78 is 2.08. The van der Waals surface area contributed by atoms with Gasteiger partial charge in [-0.05, 0) is 36.2 Å². The zero-order valence-electron chi connectivity index (χ0n) is 11.5. The van der Waals surface area contributed by atoms with Gasteiger partial charge in [-0.25, -0.2) is 4.68 Å². The minimum Gasteiger partial charge on any atom is -0.370 e. The Labute approximate surface area is 122 Å². The molecule has 0 saturated heterocycles. The summed E-state index contributed by atoms with van der Waals surface area (Å²) in [6.07, 6.45) is 8.28. The largest absolute Gasteiger partial charge is 0.370 e. The lowest BCUT2D eigenvalue weighted by atomic mass is 10.0. The van der Waals surface area contributed by atoms with Crippen LogP contribution in [-0.4, -0.2) is 26.3 Å². The Hall–Kier alpha value is -2.69. The van der Waals surface area contributed by atoms with Crippen LogP contribution in [0.4, 0.5) is 5.82 Å². The maximum absolute atomic E-state index is 4.78. The summed E-state index contributed by atoms with van der Waals surface area (Å²) in [4.78, 5) is 8.15. The van der Waals surface area contributed by atoms with Crippen LogP contribution < -0.4 is 5.32 Å². The highest BCUT2D eigenvalue weighted by Crippen LogP contribution is 2.32. The van der Waals surface area contributed by atoms with Gasteiger partial charge < -0.3 is 5.32 Å². The normalized spacial score (nSPS) is 17.0. The van der Waals surface area contributed by atoms with E-state index in [9.17, 15) is 0 Å². The molecule has 0 fully saturated rings. The van der Waals surface area contributed by atoms with Crippen molar-refractivity contribution in [1.82, 2.24) is 19.7 Å². The van der Waals surface area contributed by atoms with Crippen molar-refractivity contribution < 1.29 is 0 Å². The third-order valence-electron chi connectivity index (χ3n) is 3.82. The summed E-state index contributed by atoms with van der Waals surface area (Å²) in [7, 11) is 0. The molecule has 0 radical (unpaired) electrons. The van der Waals surface area contributed by atoms with Gasteiger partial charge in [-0.3, -0.25) is 9.97 Å². The van der Waals surface area contributed by atoms with Crippen LogP contribution >= 0.6 is 0 Å². The monoisotopic (exact) mass is 277 g/mol. The van der Waals surface area contributed by atoms with E-state index in [1.54, 1.807) is 12.4 Å². The van der Waals surface area contributed by atoms with E-state index >= 15 is 0 Å². The van der Waals surface area contributed by atoms with E-state index in [-0.39, 0.29) is 6.04 Å². The first-order chi connectivity index (χ1) is 10.4. The van der Waals surface area contributed by atoms with Crippen LogP contribution in [0.2, 0.25) is 0 Å². The molecular weight excluding hydrogens is 262 g/mol. The molecule has 5 heteroatoms. The van der Waals surface area contributed by atoms with Gasteiger partial charge in [0.05, 0.1) is 11.7 Å². The topological polar surface area (TPSA) is 55.6 Å². The Morgan fingerprint density at radius 2 is 1.71 bits per heavy atom. The second-order valence-corrected chi connectivity index (χ2v) is 5.11. The van der Waals surface area contributed by atoms with E-state index in [0.29, 0.717) is 0 Å². The van der Waals surface area contributed by atoms with E-state index in [1.807, 2.05) is 24.5 Å². The van der Waals surface area contributed by atoms with E-state index in [0.717, 1.165) is 30.0 Å². The smallest absolute Gasteiger partial charge is 0.125 e. The average Bonchev–Trinajstić information content (AvgIpc) is 3.00. The summed E-state index contributed by atoms with van der Waals surface area (Å²) in [5.41, 5.74) is 3.31. The van der Waals surface area contributed by atoms with Crippen LogP contribution in [0.3, 0.4) is 0 Å². The van der Waals surface area contributed by atoms with Crippen LogP contribution in [-0.2, 0) is 0 Å². The lowest BCUT2D eigenvalue weighted by molar-refractivity contribution is 0.482. The molecule has 1 unspecified atom stereocenters. The van der Waals surface area contributed by atoms with Crippen molar-refractivity contribution in [1.29, 1.82) is 0 Å². The van der Waals surface area contributed by atoms with Crippen molar-refractivity contribution in [2.75, 3.05) is 11.9 Å². The third kappa shape index (κ3) is 2.16. The number of anilines is 1. The molecule has 0 saturated carbocycles. The molecule has 4 rings (SSSR count). The van der Waals surface area contributed by atoms with Gasteiger partial charge in [0.2, 0.25) is 0 Å². The highest BCUT2D eigenvalue weighted by Gasteiger charge is 2.23. The molecule has 1 aliphatic rings. The van der Waals surface area contributed by atoms with Gasteiger partial charge in [0.1, 0.15) is 5.82 Å². The Morgan fingerprint density at radius 3 is 2.48 bits per heavy atom. The zero-order chi connectivity index (χ0) is 14.1. The molecule has 1 N–H and O–H groups in total. The molecule has 4 heterocycles. The van der Waals surface area contributed by atoms with Gasteiger partial charge in [-0.2, -0.15) is 5.10 Å². The maximum Gasteiger partial charge on any atom is 0.125 e. The van der Waals surface area contributed by atoms with Crippen molar-refractivity contribution in [3.05, 3.63) is 60.7 Å². The fourth-order valence-electron chi connectivity index (χ4n) is 2.78. The van der Waals surface area contributed by atoms with Crippen molar-refractivity contribution >= 4 is 5.82 Å². The number of hydrogen-bond acceptors (Lipinski definition) is 4. The van der Waals surface area contributed by atoms with Gasteiger partial charge in [0.25, 0.3) is 0 Å². The highest BCUT2D eigenvalue weighted by atomic mass is 15.4. The van der Waals surface area contributed by atoms with E-state index in [2.05, 4.69) is 38.2 Å². The molecule has 1 atom stereocenters. The minimum atomic E-state index is 0.264. The van der Waals surface area contributed by atoms with E-state index in [1.165, 1.54) is 5.56 Å². The fourth-order valence-corrected chi connectivity index (χ4v) is 2.78. The SMILES string of the molecule is c1cc(-c2cc3n(n2)C(c2ccncc2)CCN3)ccn1. The first kappa shape index (κ1) is 12.1. The third-order valence-corrected chi connectivity index (χ3v) is 3.82. The number of nitrogens with zero attached hydrogens (tertiary/aromatic N) is 4. The molecule has 0 bridgehead atoms. The molecule has 1 aliphatic heterocycles. The van der Waals surface area contributed by atoms with Gasteiger partial charge >= 0.3 is 0 Å². The zero-order valence-corrected chi connectivity index (χ0v) is 11.5. The molecule has 3 aromatic heterocycles. The van der Waals surface area contributed by atoms with Crippen molar-refractivity contribution in [2.45, 2.75) is 12.5 Å². The number of fused-ring (bicyclic) bond motifs is 1. The molecule has 0 aromatic carbocycles. The first-order valence-electron chi connectivity index (χ1n) is 7.05. The standard InChI is InChI=1S/C16H15N5/c1-6-17-7-2-12(1)14-11-16-19-10-5-15(21(16)20-14)13-3-8-18-9-4-13/h1-4,6-9,11,15,19H,5,10H2. The van der Waals surface area contributed by atoms with E-state index < -0.39 is 0 Å². The Bertz CT molecular complexity index is 736. The predicted octanol–water partition coefficient (Wildman–Crippen LogP) is 2.75. The number of rotatable bonds is 2. The molecule has 0 spiro atoms. The van der Waals surface area contributed by atoms with Crippen LogP contribution in [0.25, 0.3) is 11.3 Å². The lowest BCUT2D eigenvalue weighted by Crippen LogP contribution is -2.24. The second kappa shape index (κ2) is 5.01. The van der Waals surface area contributed by atoms with Crippen LogP contribution in [0.1, 0.15) is 18.0 Å². The summed E-state index contributed by atoms with van der Waals surface area (Å²) in [5, 5.41) is 8.21. The fraction of sp³-hybridized carbons (Fsp3) is 0.188. The second-order valence-electron chi connectivity index (χ2n) is 5.11. The molecule has 21 heavy (non-hydrogen) atoms. The maximum atomic E-state index is 4.78. The Kier molecular flexibility index (Phi) is 2.88. The molecule has 104 valence electrons. The molecule has 0 aliphatic carbocycles.